The number of nitrogens with one attached hydrogen (secondary N) is 2. The van der Waals surface area contributed by atoms with Crippen molar-refractivity contribution in [3.05, 3.63) is 42.0 Å². The molecule has 1 amide bonds. The molecule has 0 aromatic heterocycles. The average Bonchev–Trinajstić information content (AvgIpc) is 2.28. The first-order valence-corrected chi connectivity index (χ1v) is 5.19. The smallest absolute Gasteiger partial charge is 0.250 e. The van der Waals surface area contributed by atoms with Gasteiger partial charge in [0, 0.05) is 17.0 Å². The molecule has 0 unspecified atom stereocenters. The maximum atomic E-state index is 11.5. The predicted octanol–water partition coefficient (Wildman–Crippen LogP) is 2.98. The Morgan fingerprint density at radius 2 is 1.94 bits per heavy atom. The van der Waals surface area contributed by atoms with Gasteiger partial charge in [0.1, 0.15) is 0 Å². The predicted molar refractivity (Wildman–Crippen MR) is 67.0 cm³/mol. The van der Waals surface area contributed by atoms with E-state index in [0.29, 0.717) is 17.7 Å². The molecule has 0 heterocycles. The fraction of sp³-hybridized carbons (Fsp3) is 0.231. The van der Waals surface area contributed by atoms with Crippen molar-refractivity contribution in [2.24, 2.45) is 0 Å². The summed E-state index contributed by atoms with van der Waals surface area (Å²) in [7, 11) is 0. The van der Waals surface area contributed by atoms with Crippen LogP contribution in [0.1, 0.15) is 25.8 Å². The van der Waals surface area contributed by atoms with Crippen molar-refractivity contribution in [1.82, 2.24) is 0 Å². The van der Waals surface area contributed by atoms with Crippen LogP contribution in [0.4, 0.5) is 5.69 Å². The fourth-order valence-electron chi connectivity index (χ4n) is 1.18. The lowest BCUT2D eigenvalue weighted by Gasteiger charge is -2.06. The van der Waals surface area contributed by atoms with Gasteiger partial charge in [-0.2, -0.15) is 0 Å². The highest BCUT2D eigenvalue weighted by molar-refractivity contribution is 6.03. The third-order valence-corrected chi connectivity index (χ3v) is 2.32. The zero-order valence-corrected chi connectivity index (χ0v) is 9.63. The Kier molecular flexibility index (Phi) is 4.00. The Morgan fingerprint density at radius 1 is 1.38 bits per heavy atom. The molecule has 0 saturated heterocycles. The summed E-state index contributed by atoms with van der Waals surface area (Å²) in [5.74, 6) is -0.151. The molecule has 0 fully saturated rings. The van der Waals surface area contributed by atoms with Gasteiger partial charge in [-0.05, 0) is 31.0 Å². The van der Waals surface area contributed by atoms with E-state index in [9.17, 15) is 4.79 Å². The molecule has 3 nitrogen and oxygen atoms in total. The van der Waals surface area contributed by atoms with Crippen molar-refractivity contribution >= 4 is 17.3 Å². The minimum absolute atomic E-state index is 0.151. The van der Waals surface area contributed by atoms with E-state index in [0.717, 1.165) is 11.3 Å². The molecule has 16 heavy (non-hydrogen) atoms. The van der Waals surface area contributed by atoms with E-state index in [1.165, 1.54) is 0 Å². The minimum atomic E-state index is -0.151. The number of carbonyl (C=O) groups is 1. The molecule has 0 bridgehead atoms. The maximum Gasteiger partial charge on any atom is 0.250 e. The van der Waals surface area contributed by atoms with Crippen LogP contribution in [0, 0.1) is 5.41 Å². The van der Waals surface area contributed by atoms with Gasteiger partial charge in [-0.25, -0.2) is 0 Å². The first-order valence-electron chi connectivity index (χ1n) is 5.19. The summed E-state index contributed by atoms with van der Waals surface area (Å²) in [6, 6.07) is 7.20. The summed E-state index contributed by atoms with van der Waals surface area (Å²) >= 11 is 0. The number of anilines is 1. The number of hydrogen-bond acceptors (Lipinski definition) is 2. The number of carbonyl (C=O) groups excluding carboxylic acids is 1. The van der Waals surface area contributed by atoms with Crippen LogP contribution in [0.15, 0.2) is 36.4 Å². The zero-order valence-electron chi connectivity index (χ0n) is 9.63. The molecule has 1 rings (SSSR count). The summed E-state index contributed by atoms with van der Waals surface area (Å²) in [5, 5.41) is 10.2. The van der Waals surface area contributed by atoms with Gasteiger partial charge in [-0.15, -0.1) is 0 Å². The molecular formula is C13H16N2O. The highest BCUT2D eigenvalue weighted by atomic mass is 16.1. The summed E-state index contributed by atoms with van der Waals surface area (Å²) in [4.78, 5) is 11.5. The van der Waals surface area contributed by atoms with E-state index < -0.39 is 0 Å². The highest BCUT2D eigenvalue weighted by Gasteiger charge is 2.04. The highest BCUT2D eigenvalue weighted by Crippen LogP contribution is 2.11. The normalized spacial score (nSPS) is 9.62. The molecule has 0 saturated carbocycles. The van der Waals surface area contributed by atoms with Crippen LogP contribution < -0.4 is 5.32 Å². The second-order valence-corrected chi connectivity index (χ2v) is 3.61. The number of hydrogen-bond donors (Lipinski definition) is 2. The van der Waals surface area contributed by atoms with E-state index in [-0.39, 0.29) is 5.91 Å². The standard InChI is InChI=1S/C13H16N2O/c1-4-9(2)13(16)15-12-7-5-11(6-8-12)10(3)14/h5-8,14H,2,4H2,1,3H3,(H,15,16). The fourth-order valence-corrected chi connectivity index (χ4v) is 1.18. The molecule has 84 valence electrons. The van der Waals surface area contributed by atoms with Crippen LogP contribution in [-0.4, -0.2) is 11.6 Å². The van der Waals surface area contributed by atoms with Crippen molar-refractivity contribution in [3.63, 3.8) is 0 Å². The average molecular weight is 216 g/mol. The zero-order chi connectivity index (χ0) is 12.1. The van der Waals surface area contributed by atoms with Gasteiger partial charge in [-0.1, -0.05) is 25.6 Å². The van der Waals surface area contributed by atoms with Crippen molar-refractivity contribution in [2.75, 3.05) is 5.32 Å². The summed E-state index contributed by atoms with van der Waals surface area (Å²) < 4.78 is 0. The van der Waals surface area contributed by atoms with Crippen molar-refractivity contribution in [1.29, 1.82) is 5.41 Å². The molecule has 0 radical (unpaired) electrons. The third-order valence-electron chi connectivity index (χ3n) is 2.32. The molecule has 0 atom stereocenters. The van der Waals surface area contributed by atoms with E-state index in [2.05, 4.69) is 11.9 Å². The van der Waals surface area contributed by atoms with Gasteiger partial charge in [-0.3, -0.25) is 4.79 Å². The molecule has 1 aromatic rings. The van der Waals surface area contributed by atoms with Gasteiger partial charge >= 0.3 is 0 Å². The van der Waals surface area contributed by atoms with Gasteiger partial charge in [0.05, 0.1) is 0 Å². The largest absolute Gasteiger partial charge is 0.322 e. The molecule has 2 N–H and O–H groups in total. The van der Waals surface area contributed by atoms with Crippen LogP contribution in [0.3, 0.4) is 0 Å². The molecule has 3 heteroatoms. The Balaban J connectivity index is 2.72. The van der Waals surface area contributed by atoms with Crippen LogP contribution in [0.25, 0.3) is 0 Å². The van der Waals surface area contributed by atoms with E-state index in [1.807, 2.05) is 19.1 Å². The topological polar surface area (TPSA) is 53.0 Å². The molecule has 0 aliphatic carbocycles. The molecule has 1 aromatic carbocycles. The van der Waals surface area contributed by atoms with Gasteiger partial charge in [0.25, 0.3) is 5.91 Å². The Morgan fingerprint density at radius 3 is 2.38 bits per heavy atom. The summed E-state index contributed by atoms with van der Waals surface area (Å²) in [6.07, 6.45) is 0.642. The first-order chi connectivity index (χ1) is 7.54. The van der Waals surface area contributed by atoms with Crippen LogP contribution in [0.5, 0.6) is 0 Å². The van der Waals surface area contributed by atoms with Crippen molar-refractivity contribution in [3.8, 4) is 0 Å². The van der Waals surface area contributed by atoms with Gasteiger partial charge in [0.15, 0.2) is 0 Å². The molecule has 0 spiro atoms. The first kappa shape index (κ1) is 12.2. The van der Waals surface area contributed by atoms with Gasteiger partial charge < -0.3 is 10.7 Å². The van der Waals surface area contributed by atoms with E-state index >= 15 is 0 Å². The number of rotatable bonds is 4. The monoisotopic (exact) mass is 216 g/mol. The third kappa shape index (κ3) is 3.05. The molecule has 0 aliphatic rings. The van der Waals surface area contributed by atoms with E-state index in [4.69, 9.17) is 5.41 Å². The van der Waals surface area contributed by atoms with Crippen LogP contribution in [-0.2, 0) is 4.79 Å². The second-order valence-electron chi connectivity index (χ2n) is 3.61. The molecule has 0 aliphatic heterocycles. The van der Waals surface area contributed by atoms with Crippen molar-refractivity contribution in [2.45, 2.75) is 20.3 Å². The maximum absolute atomic E-state index is 11.5. The lowest BCUT2D eigenvalue weighted by molar-refractivity contribution is -0.112. The summed E-state index contributed by atoms with van der Waals surface area (Å²) in [6.45, 7) is 7.29. The Hall–Kier alpha value is -1.90. The van der Waals surface area contributed by atoms with Crippen LogP contribution >= 0.6 is 0 Å². The van der Waals surface area contributed by atoms with Gasteiger partial charge in [0.2, 0.25) is 0 Å². The number of amides is 1. The lowest BCUT2D eigenvalue weighted by Crippen LogP contribution is -2.13. The summed E-state index contributed by atoms with van der Waals surface area (Å²) in [5.41, 5.74) is 2.65. The minimum Gasteiger partial charge on any atom is -0.322 e. The lowest BCUT2D eigenvalue weighted by atomic mass is 10.1. The van der Waals surface area contributed by atoms with Crippen LogP contribution in [0.2, 0.25) is 0 Å². The Bertz CT molecular complexity index is 418. The molecular weight excluding hydrogens is 200 g/mol. The Labute approximate surface area is 95.7 Å². The second kappa shape index (κ2) is 5.26. The number of benzene rings is 1. The quantitative estimate of drug-likeness (QED) is 0.590. The van der Waals surface area contributed by atoms with E-state index in [1.54, 1.807) is 19.1 Å². The van der Waals surface area contributed by atoms with Crippen molar-refractivity contribution < 1.29 is 4.79 Å². The SMILES string of the molecule is C=C(CC)C(=O)Nc1ccc(C(C)=N)cc1.